The zero-order valence-electron chi connectivity index (χ0n) is 11.6. The highest BCUT2D eigenvalue weighted by Gasteiger charge is 2.04. The summed E-state index contributed by atoms with van der Waals surface area (Å²) >= 11 is 1.55. The molecule has 3 aromatic rings. The first-order chi connectivity index (χ1) is 10.7. The highest BCUT2D eigenvalue weighted by molar-refractivity contribution is 7.18. The fourth-order valence-corrected chi connectivity index (χ4v) is 2.90. The summed E-state index contributed by atoms with van der Waals surface area (Å²) < 4.78 is 14.5. The van der Waals surface area contributed by atoms with Gasteiger partial charge in [0.05, 0.1) is 16.8 Å². The molecule has 0 spiro atoms. The molecule has 0 aliphatic heterocycles. The monoisotopic (exact) mass is 312 g/mol. The van der Waals surface area contributed by atoms with Crippen molar-refractivity contribution in [3.63, 3.8) is 0 Å². The third-order valence-electron chi connectivity index (χ3n) is 3.07. The van der Waals surface area contributed by atoms with E-state index >= 15 is 0 Å². The zero-order valence-corrected chi connectivity index (χ0v) is 12.4. The number of para-hydroxylation sites is 1. The normalized spacial score (nSPS) is 11.1. The van der Waals surface area contributed by atoms with Gasteiger partial charge in [0.2, 0.25) is 5.91 Å². The summed E-state index contributed by atoms with van der Waals surface area (Å²) in [7, 11) is 0. The number of halogens is 1. The van der Waals surface area contributed by atoms with Gasteiger partial charge in [0.25, 0.3) is 0 Å². The number of fused-ring (bicyclic) bond motifs is 1. The number of nitrogens with zero attached hydrogens (tertiary/aromatic N) is 1. The third kappa shape index (κ3) is 3.38. The number of hydrogen-bond acceptors (Lipinski definition) is 3. The molecule has 3 rings (SSSR count). The lowest BCUT2D eigenvalue weighted by atomic mass is 10.2. The Balaban J connectivity index is 1.61. The average Bonchev–Trinajstić information content (AvgIpc) is 2.95. The Labute approximate surface area is 131 Å². The topological polar surface area (TPSA) is 42.0 Å². The van der Waals surface area contributed by atoms with Crippen LogP contribution in [-0.4, -0.2) is 10.9 Å². The molecule has 0 bridgehead atoms. The summed E-state index contributed by atoms with van der Waals surface area (Å²) in [5.74, 6) is -0.625. The van der Waals surface area contributed by atoms with Crippen LogP contribution in [-0.2, 0) is 11.3 Å². The lowest BCUT2D eigenvalue weighted by Gasteiger charge is -1.98. The minimum absolute atomic E-state index is 0.275. The lowest BCUT2D eigenvalue weighted by molar-refractivity contribution is -0.116. The van der Waals surface area contributed by atoms with Gasteiger partial charge in [-0.2, -0.15) is 0 Å². The molecule has 0 aliphatic carbocycles. The van der Waals surface area contributed by atoms with Crippen LogP contribution in [0.1, 0.15) is 10.6 Å². The van der Waals surface area contributed by atoms with Crippen molar-refractivity contribution in [2.75, 3.05) is 0 Å². The number of hydrogen-bond donors (Lipinski definition) is 1. The van der Waals surface area contributed by atoms with E-state index in [1.54, 1.807) is 29.5 Å². The van der Waals surface area contributed by atoms with Gasteiger partial charge in [0.15, 0.2) is 0 Å². The second kappa shape index (κ2) is 6.49. The summed E-state index contributed by atoms with van der Waals surface area (Å²) in [6.07, 6.45) is 2.79. The molecule has 0 radical (unpaired) electrons. The van der Waals surface area contributed by atoms with Crippen LogP contribution in [0, 0.1) is 5.82 Å². The molecule has 22 heavy (non-hydrogen) atoms. The largest absolute Gasteiger partial charge is 0.346 e. The highest BCUT2D eigenvalue weighted by Crippen LogP contribution is 2.21. The van der Waals surface area contributed by atoms with Crippen LogP contribution in [0.4, 0.5) is 4.39 Å². The van der Waals surface area contributed by atoms with Crippen molar-refractivity contribution in [3.8, 4) is 0 Å². The first-order valence-corrected chi connectivity index (χ1v) is 7.59. The van der Waals surface area contributed by atoms with Crippen LogP contribution < -0.4 is 5.32 Å². The molecule has 2 aromatic carbocycles. The molecule has 110 valence electrons. The van der Waals surface area contributed by atoms with E-state index in [-0.39, 0.29) is 11.7 Å². The predicted molar refractivity (Wildman–Crippen MR) is 86.9 cm³/mol. The number of carbonyl (C=O) groups excluding carboxylic acids is 1. The van der Waals surface area contributed by atoms with Gasteiger partial charge in [-0.1, -0.05) is 30.3 Å². The molecule has 0 atom stereocenters. The Morgan fingerprint density at radius 2 is 1.95 bits per heavy atom. The molecule has 0 fully saturated rings. The smallest absolute Gasteiger partial charge is 0.244 e. The van der Waals surface area contributed by atoms with Gasteiger partial charge in [-0.3, -0.25) is 4.79 Å². The number of carbonyl (C=O) groups is 1. The molecule has 3 nitrogen and oxygen atoms in total. The van der Waals surface area contributed by atoms with Crippen molar-refractivity contribution >= 4 is 33.5 Å². The van der Waals surface area contributed by atoms with Gasteiger partial charge in [-0.05, 0) is 24.3 Å². The van der Waals surface area contributed by atoms with E-state index in [0.29, 0.717) is 12.1 Å². The Morgan fingerprint density at radius 1 is 1.18 bits per heavy atom. The van der Waals surface area contributed by atoms with Crippen LogP contribution >= 0.6 is 11.3 Å². The van der Waals surface area contributed by atoms with E-state index in [1.165, 1.54) is 18.2 Å². The van der Waals surface area contributed by atoms with E-state index in [2.05, 4.69) is 10.3 Å². The Bertz CT molecular complexity index is 808. The van der Waals surface area contributed by atoms with Crippen LogP contribution in [0.3, 0.4) is 0 Å². The maximum Gasteiger partial charge on any atom is 0.244 e. The van der Waals surface area contributed by atoms with Gasteiger partial charge in [-0.25, -0.2) is 9.37 Å². The summed E-state index contributed by atoms with van der Waals surface area (Å²) in [6, 6.07) is 14.1. The van der Waals surface area contributed by atoms with E-state index in [4.69, 9.17) is 0 Å². The third-order valence-corrected chi connectivity index (χ3v) is 4.11. The van der Waals surface area contributed by atoms with Crippen LogP contribution in [0.15, 0.2) is 54.6 Å². The molecule has 0 unspecified atom stereocenters. The Hall–Kier alpha value is -2.53. The molecule has 0 aliphatic rings. The van der Waals surface area contributed by atoms with Crippen molar-refractivity contribution in [3.05, 3.63) is 71.0 Å². The van der Waals surface area contributed by atoms with E-state index in [0.717, 1.165) is 15.2 Å². The van der Waals surface area contributed by atoms with Gasteiger partial charge in [0, 0.05) is 11.6 Å². The van der Waals surface area contributed by atoms with E-state index < -0.39 is 0 Å². The van der Waals surface area contributed by atoms with Crippen LogP contribution in [0.5, 0.6) is 0 Å². The Morgan fingerprint density at radius 3 is 2.77 bits per heavy atom. The maximum atomic E-state index is 13.4. The van der Waals surface area contributed by atoms with Gasteiger partial charge in [-0.15, -0.1) is 11.3 Å². The fourth-order valence-electron chi connectivity index (χ4n) is 1.99. The predicted octanol–water partition coefficient (Wildman–Crippen LogP) is 3.77. The lowest BCUT2D eigenvalue weighted by Crippen LogP contribution is -2.20. The van der Waals surface area contributed by atoms with Gasteiger partial charge < -0.3 is 5.32 Å². The van der Waals surface area contributed by atoms with Crippen molar-refractivity contribution in [1.82, 2.24) is 10.3 Å². The summed E-state index contributed by atoms with van der Waals surface area (Å²) in [5.41, 5.74) is 1.32. The summed E-state index contributed by atoms with van der Waals surface area (Å²) in [5, 5.41) is 3.59. The van der Waals surface area contributed by atoms with E-state index in [1.807, 2.05) is 24.3 Å². The van der Waals surface area contributed by atoms with Crippen molar-refractivity contribution in [1.29, 1.82) is 0 Å². The Kier molecular flexibility index (Phi) is 4.25. The molecule has 1 N–H and O–H groups in total. The zero-order chi connectivity index (χ0) is 15.4. The van der Waals surface area contributed by atoms with Crippen LogP contribution in [0.2, 0.25) is 0 Å². The number of amides is 1. The number of benzene rings is 2. The van der Waals surface area contributed by atoms with Crippen LogP contribution in [0.25, 0.3) is 16.3 Å². The van der Waals surface area contributed by atoms with Crippen molar-refractivity contribution in [2.45, 2.75) is 6.54 Å². The number of rotatable bonds is 4. The first-order valence-electron chi connectivity index (χ1n) is 6.77. The molecule has 0 saturated carbocycles. The standard InChI is InChI=1S/C17H13FN2OS/c18-13-6-2-1-5-12(13)9-10-16(21)19-11-17-20-14-7-3-4-8-15(14)22-17/h1-10H,11H2,(H,19,21)/b10-9+. The van der Waals surface area contributed by atoms with E-state index in [9.17, 15) is 9.18 Å². The van der Waals surface area contributed by atoms with Crippen molar-refractivity contribution < 1.29 is 9.18 Å². The second-order valence-electron chi connectivity index (χ2n) is 4.65. The molecule has 0 saturated heterocycles. The van der Waals surface area contributed by atoms with Gasteiger partial charge in [0.1, 0.15) is 10.8 Å². The van der Waals surface area contributed by atoms with Crippen molar-refractivity contribution in [2.24, 2.45) is 0 Å². The number of nitrogens with one attached hydrogen (secondary N) is 1. The SMILES string of the molecule is O=C(/C=C/c1ccccc1F)NCc1nc2ccccc2s1. The fraction of sp³-hybridized carbons (Fsp3) is 0.0588. The summed E-state index contributed by atoms with van der Waals surface area (Å²) in [6.45, 7) is 0.361. The second-order valence-corrected chi connectivity index (χ2v) is 5.76. The number of thiazole rings is 1. The summed E-state index contributed by atoms with van der Waals surface area (Å²) in [4.78, 5) is 16.2. The average molecular weight is 312 g/mol. The quantitative estimate of drug-likeness (QED) is 0.745. The number of aromatic nitrogens is 1. The minimum Gasteiger partial charge on any atom is -0.346 e. The molecule has 1 heterocycles. The molecule has 1 aromatic heterocycles. The first kappa shape index (κ1) is 14.4. The highest BCUT2D eigenvalue weighted by atomic mass is 32.1. The molecular formula is C17H13FN2OS. The minimum atomic E-state index is -0.349. The maximum absolute atomic E-state index is 13.4. The molecule has 5 heteroatoms. The molecule has 1 amide bonds. The molecular weight excluding hydrogens is 299 g/mol. The van der Waals surface area contributed by atoms with Gasteiger partial charge >= 0.3 is 0 Å².